The maximum absolute atomic E-state index is 11.6. The van der Waals surface area contributed by atoms with Crippen LogP contribution in [-0.2, 0) is 9.53 Å². The van der Waals surface area contributed by atoms with E-state index in [1.54, 1.807) is 0 Å². The second-order valence-electron chi connectivity index (χ2n) is 10.1. The molecule has 32 heavy (non-hydrogen) atoms. The Morgan fingerprint density at radius 2 is 0.688 bits per heavy atom. The smallest absolute Gasteiger partial charge is 0.305 e. The molecule has 0 aromatic heterocycles. The third-order valence-electron chi connectivity index (χ3n) is 6.75. The highest BCUT2D eigenvalue weighted by molar-refractivity contribution is 5.69. The minimum Gasteiger partial charge on any atom is -0.466 e. The van der Waals surface area contributed by atoms with Crippen molar-refractivity contribution >= 4 is 5.97 Å². The zero-order valence-corrected chi connectivity index (χ0v) is 22.4. The number of hydrogen-bond acceptors (Lipinski definition) is 2. The van der Waals surface area contributed by atoms with E-state index in [-0.39, 0.29) is 5.97 Å². The fourth-order valence-corrected chi connectivity index (χ4v) is 4.49. The minimum atomic E-state index is 0.00858. The highest BCUT2D eigenvalue weighted by atomic mass is 16.5. The Hall–Kier alpha value is -0.530. The van der Waals surface area contributed by atoms with Crippen molar-refractivity contribution in [1.82, 2.24) is 0 Å². The standard InChI is InChI=1S/C30H60O2/c1-3-5-7-8-9-10-11-12-13-14-15-16-17-18-19-20-21-22-23-24-25-26-28-30(31)32-29-27-6-4-2/h3-29H2,1-2H3. The summed E-state index contributed by atoms with van der Waals surface area (Å²) in [6.07, 6.45) is 34.7. The molecule has 192 valence electrons. The van der Waals surface area contributed by atoms with Crippen molar-refractivity contribution in [3.8, 4) is 0 Å². The van der Waals surface area contributed by atoms with Gasteiger partial charge in [0.05, 0.1) is 6.61 Å². The maximum Gasteiger partial charge on any atom is 0.305 e. The average Bonchev–Trinajstić information content (AvgIpc) is 2.80. The van der Waals surface area contributed by atoms with Crippen LogP contribution in [0.15, 0.2) is 0 Å². The van der Waals surface area contributed by atoms with Crippen LogP contribution >= 0.6 is 0 Å². The van der Waals surface area contributed by atoms with Gasteiger partial charge in [0.25, 0.3) is 0 Å². The van der Waals surface area contributed by atoms with E-state index in [2.05, 4.69) is 13.8 Å². The van der Waals surface area contributed by atoms with Gasteiger partial charge in [0.15, 0.2) is 0 Å². The molecule has 0 atom stereocenters. The molecule has 0 rings (SSSR count). The van der Waals surface area contributed by atoms with Gasteiger partial charge in [-0.1, -0.05) is 162 Å². The van der Waals surface area contributed by atoms with Gasteiger partial charge in [0, 0.05) is 6.42 Å². The Bertz CT molecular complexity index is 353. The fourth-order valence-electron chi connectivity index (χ4n) is 4.49. The summed E-state index contributed by atoms with van der Waals surface area (Å²) in [4.78, 5) is 11.6. The molecule has 0 spiro atoms. The SMILES string of the molecule is CCCCCCCCCCCCCCCCCCCCCCCCC(=O)OCCCCC. The van der Waals surface area contributed by atoms with E-state index < -0.39 is 0 Å². The van der Waals surface area contributed by atoms with E-state index >= 15 is 0 Å². The van der Waals surface area contributed by atoms with Crippen molar-refractivity contribution in [3.63, 3.8) is 0 Å². The van der Waals surface area contributed by atoms with Crippen LogP contribution in [0, 0.1) is 0 Å². The summed E-state index contributed by atoms with van der Waals surface area (Å²) in [5.41, 5.74) is 0. The van der Waals surface area contributed by atoms with Crippen LogP contribution in [0.4, 0.5) is 0 Å². The third-order valence-corrected chi connectivity index (χ3v) is 6.75. The topological polar surface area (TPSA) is 26.3 Å². The van der Waals surface area contributed by atoms with Gasteiger partial charge in [0.1, 0.15) is 0 Å². The Labute approximate surface area is 203 Å². The maximum atomic E-state index is 11.6. The lowest BCUT2D eigenvalue weighted by molar-refractivity contribution is -0.143. The molecule has 0 aromatic carbocycles. The molecule has 0 saturated carbocycles. The molecule has 0 aliphatic rings. The van der Waals surface area contributed by atoms with Crippen molar-refractivity contribution < 1.29 is 9.53 Å². The zero-order valence-electron chi connectivity index (χ0n) is 22.4. The van der Waals surface area contributed by atoms with Crippen molar-refractivity contribution in [2.45, 2.75) is 181 Å². The molecule has 2 nitrogen and oxygen atoms in total. The molecule has 0 radical (unpaired) electrons. The molecule has 2 heteroatoms. The summed E-state index contributed by atoms with van der Waals surface area (Å²) in [7, 11) is 0. The van der Waals surface area contributed by atoms with E-state index in [0.717, 1.165) is 19.3 Å². The van der Waals surface area contributed by atoms with Gasteiger partial charge in [-0.2, -0.15) is 0 Å². The van der Waals surface area contributed by atoms with Crippen LogP contribution in [0.25, 0.3) is 0 Å². The molecule has 0 heterocycles. The van der Waals surface area contributed by atoms with Gasteiger partial charge in [-0.15, -0.1) is 0 Å². The predicted molar refractivity (Wildman–Crippen MR) is 142 cm³/mol. The minimum absolute atomic E-state index is 0.00858. The Morgan fingerprint density at radius 3 is 1.03 bits per heavy atom. The molecule has 0 fully saturated rings. The number of hydrogen-bond donors (Lipinski definition) is 0. The van der Waals surface area contributed by atoms with E-state index in [4.69, 9.17) is 4.74 Å². The fraction of sp³-hybridized carbons (Fsp3) is 0.967. The number of esters is 1. The first-order valence-corrected chi connectivity index (χ1v) is 15.0. The van der Waals surface area contributed by atoms with Crippen molar-refractivity contribution in [2.24, 2.45) is 0 Å². The molecule has 0 aromatic rings. The van der Waals surface area contributed by atoms with Crippen molar-refractivity contribution in [1.29, 1.82) is 0 Å². The molecular weight excluding hydrogens is 392 g/mol. The Morgan fingerprint density at radius 1 is 0.406 bits per heavy atom. The van der Waals surface area contributed by atoms with Crippen molar-refractivity contribution in [3.05, 3.63) is 0 Å². The highest BCUT2D eigenvalue weighted by Gasteiger charge is 2.02. The highest BCUT2D eigenvalue weighted by Crippen LogP contribution is 2.15. The normalized spacial score (nSPS) is 11.2. The summed E-state index contributed by atoms with van der Waals surface area (Å²) in [6.45, 7) is 5.08. The average molecular weight is 453 g/mol. The quantitative estimate of drug-likeness (QED) is 0.0914. The summed E-state index contributed by atoms with van der Waals surface area (Å²) < 4.78 is 5.25. The van der Waals surface area contributed by atoms with Gasteiger partial charge in [-0.25, -0.2) is 0 Å². The molecule has 0 bridgehead atoms. The zero-order chi connectivity index (χ0) is 23.4. The van der Waals surface area contributed by atoms with E-state index in [9.17, 15) is 4.79 Å². The van der Waals surface area contributed by atoms with Crippen LogP contribution < -0.4 is 0 Å². The van der Waals surface area contributed by atoms with Crippen LogP contribution in [0.3, 0.4) is 0 Å². The number of ether oxygens (including phenoxy) is 1. The van der Waals surface area contributed by atoms with Crippen LogP contribution in [0.2, 0.25) is 0 Å². The Balaban J connectivity index is 3.07. The van der Waals surface area contributed by atoms with E-state index in [1.165, 1.54) is 141 Å². The number of unbranched alkanes of at least 4 members (excludes halogenated alkanes) is 23. The third kappa shape index (κ3) is 27.5. The first-order chi connectivity index (χ1) is 15.8. The largest absolute Gasteiger partial charge is 0.466 e. The predicted octanol–water partition coefficient (Wildman–Crippen LogP) is 10.7. The first kappa shape index (κ1) is 31.5. The van der Waals surface area contributed by atoms with Gasteiger partial charge >= 0.3 is 5.97 Å². The van der Waals surface area contributed by atoms with Crippen molar-refractivity contribution in [2.75, 3.05) is 6.61 Å². The second kappa shape index (κ2) is 28.5. The summed E-state index contributed by atoms with van der Waals surface area (Å²) in [6, 6.07) is 0. The van der Waals surface area contributed by atoms with Crippen LogP contribution in [-0.4, -0.2) is 12.6 Å². The molecule has 0 saturated heterocycles. The van der Waals surface area contributed by atoms with Crippen LogP contribution in [0.5, 0.6) is 0 Å². The molecule has 0 unspecified atom stereocenters. The first-order valence-electron chi connectivity index (χ1n) is 15.0. The molecule has 0 N–H and O–H groups in total. The lowest BCUT2D eigenvalue weighted by atomic mass is 10.0. The van der Waals surface area contributed by atoms with Gasteiger partial charge < -0.3 is 4.74 Å². The van der Waals surface area contributed by atoms with Crippen LogP contribution in [0.1, 0.15) is 181 Å². The molecule has 0 aliphatic heterocycles. The van der Waals surface area contributed by atoms with Gasteiger partial charge in [0.2, 0.25) is 0 Å². The summed E-state index contributed by atoms with van der Waals surface area (Å²) in [5, 5.41) is 0. The number of carbonyl (C=O) groups is 1. The molecular formula is C30H60O2. The second-order valence-corrected chi connectivity index (χ2v) is 10.1. The summed E-state index contributed by atoms with van der Waals surface area (Å²) in [5.74, 6) is 0.00858. The Kier molecular flexibility index (Phi) is 28.0. The number of carbonyl (C=O) groups excluding carboxylic acids is 1. The van der Waals surface area contributed by atoms with E-state index in [0.29, 0.717) is 13.0 Å². The molecule has 0 amide bonds. The lowest BCUT2D eigenvalue weighted by Crippen LogP contribution is -2.05. The number of rotatable bonds is 27. The van der Waals surface area contributed by atoms with Gasteiger partial charge in [-0.05, 0) is 12.8 Å². The summed E-state index contributed by atoms with van der Waals surface area (Å²) >= 11 is 0. The van der Waals surface area contributed by atoms with E-state index in [1.807, 2.05) is 0 Å². The lowest BCUT2D eigenvalue weighted by Gasteiger charge is -2.05. The van der Waals surface area contributed by atoms with Gasteiger partial charge in [-0.3, -0.25) is 4.79 Å². The monoisotopic (exact) mass is 452 g/mol. The molecule has 0 aliphatic carbocycles.